The summed E-state index contributed by atoms with van der Waals surface area (Å²) < 4.78 is 16.8. The summed E-state index contributed by atoms with van der Waals surface area (Å²) in [4.78, 5) is 26.7. The number of benzene rings is 3. The summed E-state index contributed by atoms with van der Waals surface area (Å²) in [5, 5.41) is 2.94. The van der Waals surface area contributed by atoms with E-state index in [0.717, 1.165) is 11.1 Å². The molecule has 0 saturated carbocycles. The SMILES string of the molecule is CCN(C)C(=O)OC1COc2ccc(NC(=O)c3ccccc3-c3ccc(C(C)C)cc3)cc2O1. The van der Waals surface area contributed by atoms with Crippen LogP contribution in [-0.4, -0.2) is 43.4 Å². The Bertz CT molecular complexity index is 1210. The molecule has 0 radical (unpaired) electrons. The lowest BCUT2D eigenvalue weighted by Crippen LogP contribution is -2.38. The molecule has 0 bridgehead atoms. The van der Waals surface area contributed by atoms with Crippen LogP contribution in [0.1, 0.15) is 42.6 Å². The van der Waals surface area contributed by atoms with Crippen LogP contribution in [0.15, 0.2) is 66.7 Å². The number of amides is 2. The lowest BCUT2D eigenvalue weighted by atomic mass is 9.95. The van der Waals surface area contributed by atoms with Crippen LogP contribution in [0, 0.1) is 0 Å². The number of hydrogen-bond acceptors (Lipinski definition) is 5. The molecule has 2 amide bonds. The quantitative estimate of drug-likeness (QED) is 0.480. The van der Waals surface area contributed by atoms with Gasteiger partial charge in [0.05, 0.1) is 0 Å². The molecule has 1 atom stereocenters. The monoisotopic (exact) mass is 474 g/mol. The van der Waals surface area contributed by atoms with Gasteiger partial charge in [-0.2, -0.15) is 0 Å². The van der Waals surface area contributed by atoms with Crippen LogP contribution in [-0.2, 0) is 4.74 Å². The van der Waals surface area contributed by atoms with E-state index in [1.807, 2.05) is 37.3 Å². The van der Waals surface area contributed by atoms with E-state index in [9.17, 15) is 9.59 Å². The molecule has 1 unspecified atom stereocenters. The molecule has 3 aromatic rings. The molecule has 7 nitrogen and oxygen atoms in total. The normalized spacial score (nSPS) is 14.4. The number of anilines is 1. The molecule has 35 heavy (non-hydrogen) atoms. The van der Waals surface area contributed by atoms with Crippen LogP contribution in [0.4, 0.5) is 10.5 Å². The highest BCUT2D eigenvalue weighted by molar-refractivity contribution is 6.08. The molecule has 0 aromatic heterocycles. The zero-order valence-electron chi connectivity index (χ0n) is 20.4. The molecule has 0 spiro atoms. The first kappa shape index (κ1) is 24.1. The highest BCUT2D eigenvalue weighted by atomic mass is 16.7. The Kier molecular flexibility index (Phi) is 7.25. The first-order valence-corrected chi connectivity index (χ1v) is 11.7. The maximum atomic E-state index is 13.2. The number of hydrogen-bond donors (Lipinski definition) is 1. The van der Waals surface area contributed by atoms with E-state index in [1.165, 1.54) is 10.5 Å². The Balaban J connectivity index is 1.50. The largest absolute Gasteiger partial charge is 0.482 e. The smallest absolute Gasteiger partial charge is 0.412 e. The molecule has 1 aliphatic heterocycles. The van der Waals surface area contributed by atoms with E-state index in [0.29, 0.717) is 35.2 Å². The van der Waals surface area contributed by atoms with Crippen molar-refractivity contribution in [3.8, 4) is 22.6 Å². The Hall–Kier alpha value is -4.00. The molecule has 7 heteroatoms. The molecule has 4 rings (SSSR count). The van der Waals surface area contributed by atoms with E-state index >= 15 is 0 Å². The van der Waals surface area contributed by atoms with Gasteiger partial charge in [-0.1, -0.05) is 56.3 Å². The van der Waals surface area contributed by atoms with Gasteiger partial charge in [0.15, 0.2) is 18.1 Å². The van der Waals surface area contributed by atoms with Crippen molar-refractivity contribution >= 4 is 17.7 Å². The lowest BCUT2D eigenvalue weighted by Gasteiger charge is -2.27. The van der Waals surface area contributed by atoms with Gasteiger partial charge in [0, 0.05) is 30.9 Å². The first-order valence-electron chi connectivity index (χ1n) is 11.7. The van der Waals surface area contributed by atoms with Crippen molar-refractivity contribution in [2.24, 2.45) is 0 Å². The van der Waals surface area contributed by atoms with Crippen LogP contribution >= 0.6 is 0 Å². The van der Waals surface area contributed by atoms with E-state index in [4.69, 9.17) is 14.2 Å². The zero-order valence-corrected chi connectivity index (χ0v) is 20.4. The second-order valence-electron chi connectivity index (χ2n) is 8.69. The molecule has 1 aliphatic rings. The highest BCUT2D eigenvalue weighted by Gasteiger charge is 2.26. The molecular weight excluding hydrogens is 444 g/mol. The van der Waals surface area contributed by atoms with Crippen LogP contribution in [0.5, 0.6) is 11.5 Å². The van der Waals surface area contributed by atoms with Crippen molar-refractivity contribution in [2.45, 2.75) is 33.0 Å². The highest BCUT2D eigenvalue weighted by Crippen LogP contribution is 2.35. The van der Waals surface area contributed by atoms with Crippen LogP contribution in [0.2, 0.25) is 0 Å². The van der Waals surface area contributed by atoms with Gasteiger partial charge in [0.2, 0.25) is 0 Å². The maximum Gasteiger partial charge on any atom is 0.412 e. The number of nitrogens with one attached hydrogen (secondary N) is 1. The minimum absolute atomic E-state index is 0.0883. The van der Waals surface area contributed by atoms with Gasteiger partial charge >= 0.3 is 6.09 Å². The Morgan fingerprint density at radius 3 is 2.51 bits per heavy atom. The molecule has 0 aliphatic carbocycles. The van der Waals surface area contributed by atoms with Gasteiger partial charge in [0.1, 0.15) is 0 Å². The predicted molar refractivity (Wildman–Crippen MR) is 135 cm³/mol. The Labute approximate surface area is 205 Å². The minimum Gasteiger partial charge on any atom is -0.482 e. The first-order chi connectivity index (χ1) is 16.9. The number of carbonyl (C=O) groups excluding carboxylic acids is 2. The third-order valence-electron chi connectivity index (χ3n) is 5.91. The minimum atomic E-state index is -0.871. The summed E-state index contributed by atoms with van der Waals surface area (Å²) >= 11 is 0. The molecule has 0 saturated heterocycles. The number of nitrogens with zero attached hydrogens (tertiary/aromatic N) is 1. The summed E-state index contributed by atoms with van der Waals surface area (Å²) in [6.07, 6.45) is -1.36. The van der Waals surface area contributed by atoms with E-state index in [2.05, 4.69) is 31.3 Å². The van der Waals surface area contributed by atoms with Crippen molar-refractivity contribution in [3.63, 3.8) is 0 Å². The second-order valence-corrected chi connectivity index (χ2v) is 8.69. The summed E-state index contributed by atoms with van der Waals surface area (Å²) in [7, 11) is 1.64. The fourth-order valence-electron chi connectivity index (χ4n) is 3.70. The molecule has 182 valence electrons. The van der Waals surface area contributed by atoms with Gasteiger partial charge in [-0.3, -0.25) is 4.79 Å². The maximum absolute atomic E-state index is 13.2. The molecule has 3 aromatic carbocycles. The molecular formula is C28H30N2O5. The second kappa shape index (κ2) is 10.5. The van der Waals surface area contributed by atoms with E-state index in [1.54, 1.807) is 31.3 Å². The van der Waals surface area contributed by atoms with E-state index < -0.39 is 12.4 Å². The zero-order chi connectivity index (χ0) is 24.9. The van der Waals surface area contributed by atoms with Gasteiger partial charge in [-0.05, 0) is 47.7 Å². The average Bonchev–Trinajstić information content (AvgIpc) is 2.88. The topological polar surface area (TPSA) is 77.1 Å². The third kappa shape index (κ3) is 5.57. The Morgan fingerprint density at radius 1 is 1.06 bits per heavy atom. The molecule has 1 N–H and O–H groups in total. The number of ether oxygens (including phenoxy) is 3. The predicted octanol–water partition coefficient (Wildman–Crippen LogP) is 5.91. The van der Waals surface area contributed by atoms with Crippen molar-refractivity contribution in [1.82, 2.24) is 4.90 Å². The van der Waals surface area contributed by atoms with Gasteiger partial charge < -0.3 is 24.4 Å². The number of fused-ring (bicyclic) bond motifs is 1. The van der Waals surface area contributed by atoms with Crippen molar-refractivity contribution in [3.05, 3.63) is 77.9 Å². The molecule has 1 heterocycles. The summed E-state index contributed by atoms with van der Waals surface area (Å²) in [5.41, 5.74) is 4.18. The fourth-order valence-corrected chi connectivity index (χ4v) is 3.70. The van der Waals surface area contributed by atoms with Crippen LogP contribution in [0.25, 0.3) is 11.1 Å². The van der Waals surface area contributed by atoms with Gasteiger partial charge in [0.25, 0.3) is 12.2 Å². The van der Waals surface area contributed by atoms with Gasteiger partial charge in [-0.25, -0.2) is 4.79 Å². The van der Waals surface area contributed by atoms with Crippen molar-refractivity contribution in [2.75, 3.05) is 25.5 Å². The molecule has 0 fully saturated rings. The summed E-state index contributed by atoms with van der Waals surface area (Å²) in [5.74, 6) is 1.11. The van der Waals surface area contributed by atoms with Gasteiger partial charge in [-0.15, -0.1) is 0 Å². The van der Waals surface area contributed by atoms with E-state index in [-0.39, 0.29) is 12.5 Å². The van der Waals surface area contributed by atoms with Crippen LogP contribution < -0.4 is 14.8 Å². The fraction of sp³-hybridized carbons (Fsp3) is 0.286. The standard InChI is InChI=1S/C28H30N2O5/c1-5-30(4)28(32)35-26-17-33-24-15-14-21(16-25(24)34-26)29-27(31)23-9-7-6-8-22(23)20-12-10-19(11-13-20)18(2)3/h6-16,18,26H,5,17H2,1-4H3,(H,29,31). The third-order valence-corrected chi connectivity index (χ3v) is 5.91. The Morgan fingerprint density at radius 2 is 1.80 bits per heavy atom. The summed E-state index contributed by atoms with van der Waals surface area (Å²) in [6.45, 7) is 6.76. The van der Waals surface area contributed by atoms with Crippen LogP contribution in [0.3, 0.4) is 0 Å². The summed E-state index contributed by atoms with van der Waals surface area (Å²) in [6, 6.07) is 20.9. The number of carbonyl (C=O) groups is 2. The number of rotatable bonds is 6. The van der Waals surface area contributed by atoms with Crippen molar-refractivity contribution < 1.29 is 23.8 Å². The lowest BCUT2D eigenvalue weighted by molar-refractivity contribution is -0.0825. The van der Waals surface area contributed by atoms with Crippen molar-refractivity contribution in [1.29, 1.82) is 0 Å². The average molecular weight is 475 g/mol.